The van der Waals surface area contributed by atoms with Crippen LogP contribution >= 0.6 is 0 Å². The molecule has 0 spiro atoms. The van der Waals surface area contributed by atoms with E-state index in [0.29, 0.717) is 0 Å². The van der Waals surface area contributed by atoms with Crippen molar-refractivity contribution in [2.24, 2.45) is 0 Å². The molecule has 0 saturated heterocycles. The average Bonchev–Trinajstić information content (AvgIpc) is 2.21. The zero-order chi connectivity index (χ0) is 8.93. The molecule has 1 nitrogen and oxygen atoms in total. The first-order valence-corrected chi connectivity index (χ1v) is 6.21. The molecule has 2 saturated carbocycles. The minimum atomic E-state index is 0. The van der Waals surface area contributed by atoms with Crippen molar-refractivity contribution >= 4 is 8.41 Å². The second-order valence-corrected chi connectivity index (χ2v) is 4.84. The quantitative estimate of drug-likeness (QED) is 0.663. The highest BCUT2D eigenvalue weighted by atomic mass is 14.9. The molecule has 2 aliphatic rings. The fourth-order valence-corrected chi connectivity index (χ4v) is 2.87. The van der Waals surface area contributed by atoms with Crippen molar-refractivity contribution in [2.75, 3.05) is 0 Å². The Morgan fingerprint density at radius 1 is 0.571 bits per heavy atom. The maximum atomic E-state index is 3.86. The minimum Gasteiger partial charge on any atom is -0.311 e. The highest BCUT2D eigenvalue weighted by Crippen LogP contribution is 2.22. The molecule has 0 bridgehead atoms. The second-order valence-electron chi connectivity index (χ2n) is 4.84. The number of hydrogen-bond acceptors (Lipinski definition) is 1. The van der Waals surface area contributed by atoms with E-state index in [0.717, 1.165) is 12.1 Å². The van der Waals surface area contributed by atoms with Crippen molar-refractivity contribution in [3.05, 3.63) is 0 Å². The molecular formula is C12H23BN. The molecular weight excluding hydrogens is 169 g/mol. The normalized spacial score (nSPS) is 25.7. The maximum absolute atomic E-state index is 3.86. The predicted octanol–water partition coefficient (Wildman–Crippen LogP) is 2.86. The molecule has 2 aliphatic carbocycles. The first kappa shape index (κ1) is 12.1. The van der Waals surface area contributed by atoms with E-state index in [1.165, 1.54) is 64.2 Å². The van der Waals surface area contributed by atoms with Crippen LogP contribution in [0.3, 0.4) is 0 Å². The summed E-state index contributed by atoms with van der Waals surface area (Å²) < 4.78 is 0. The van der Waals surface area contributed by atoms with Gasteiger partial charge in [-0.2, -0.15) is 0 Å². The second kappa shape index (κ2) is 6.50. The summed E-state index contributed by atoms with van der Waals surface area (Å²) >= 11 is 0. The lowest BCUT2D eigenvalue weighted by atomic mass is 9.91. The summed E-state index contributed by atoms with van der Waals surface area (Å²) in [6.07, 6.45) is 14.6. The maximum Gasteiger partial charge on any atom is 0.00696 e. The first-order valence-electron chi connectivity index (χ1n) is 6.21. The third kappa shape index (κ3) is 3.64. The number of rotatable bonds is 2. The summed E-state index contributed by atoms with van der Waals surface area (Å²) in [5.41, 5.74) is 0. The fourth-order valence-electron chi connectivity index (χ4n) is 2.87. The van der Waals surface area contributed by atoms with E-state index >= 15 is 0 Å². The Balaban J connectivity index is 0.000000980. The van der Waals surface area contributed by atoms with Crippen LogP contribution in [0.1, 0.15) is 64.2 Å². The molecule has 14 heavy (non-hydrogen) atoms. The smallest absolute Gasteiger partial charge is 0.00696 e. The van der Waals surface area contributed by atoms with Crippen LogP contribution in [-0.2, 0) is 0 Å². The van der Waals surface area contributed by atoms with E-state index in [1.807, 2.05) is 0 Å². The highest BCUT2D eigenvalue weighted by Gasteiger charge is 2.19. The van der Waals surface area contributed by atoms with Gasteiger partial charge in [0.15, 0.2) is 0 Å². The summed E-state index contributed by atoms with van der Waals surface area (Å²) in [6.45, 7) is 0. The number of nitrogens with one attached hydrogen (secondary N) is 1. The molecule has 0 aromatic carbocycles. The van der Waals surface area contributed by atoms with Crippen molar-refractivity contribution < 1.29 is 0 Å². The van der Waals surface area contributed by atoms with Crippen LogP contribution < -0.4 is 5.32 Å². The van der Waals surface area contributed by atoms with Gasteiger partial charge in [-0.05, 0) is 25.7 Å². The molecule has 3 radical (unpaired) electrons. The lowest BCUT2D eigenvalue weighted by molar-refractivity contribution is 0.291. The lowest BCUT2D eigenvalue weighted by Gasteiger charge is -2.30. The Kier molecular flexibility index (Phi) is 5.61. The van der Waals surface area contributed by atoms with Gasteiger partial charge in [0.25, 0.3) is 0 Å². The van der Waals surface area contributed by atoms with Gasteiger partial charge >= 0.3 is 0 Å². The molecule has 0 atom stereocenters. The van der Waals surface area contributed by atoms with Crippen molar-refractivity contribution in [1.29, 1.82) is 0 Å². The lowest BCUT2D eigenvalue weighted by Crippen LogP contribution is -2.40. The Bertz CT molecular complexity index is 121. The predicted molar refractivity (Wildman–Crippen MR) is 62.6 cm³/mol. The van der Waals surface area contributed by atoms with Crippen LogP contribution in [0.4, 0.5) is 0 Å². The van der Waals surface area contributed by atoms with Crippen LogP contribution in [0.5, 0.6) is 0 Å². The molecule has 2 heteroatoms. The summed E-state index contributed by atoms with van der Waals surface area (Å²) in [6, 6.07) is 1.74. The van der Waals surface area contributed by atoms with Crippen LogP contribution in [0.15, 0.2) is 0 Å². The Labute approximate surface area is 90.6 Å². The summed E-state index contributed by atoms with van der Waals surface area (Å²) in [7, 11) is 0. The van der Waals surface area contributed by atoms with Crippen LogP contribution in [0.2, 0.25) is 0 Å². The van der Waals surface area contributed by atoms with Crippen molar-refractivity contribution in [3.63, 3.8) is 0 Å². The van der Waals surface area contributed by atoms with Gasteiger partial charge in [-0.3, -0.25) is 0 Å². The molecule has 0 aromatic rings. The van der Waals surface area contributed by atoms with Crippen LogP contribution in [-0.4, -0.2) is 20.5 Å². The monoisotopic (exact) mass is 192 g/mol. The van der Waals surface area contributed by atoms with Gasteiger partial charge in [0.1, 0.15) is 0 Å². The van der Waals surface area contributed by atoms with Gasteiger partial charge in [0, 0.05) is 20.5 Å². The summed E-state index contributed by atoms with van der Waals surface area (Å²) in [4.78, 5) is 0. The van der Waals surface area contributed by atoms with Crippen LogP contribution in [0, 0.1) is 0 Å². The third-order valence-corrected chi connectivity index (χ3v) is 3.68. The molecule has 1 N–H and O–H groups in total. The van der Waals surface area contributed by atoms with E-state index in [4.69, 9.17) is 0 Å². The molecule has 0 unspecified atom stereocenters. The Morgan fingerprint density at radius 3 is 1.29 bits per heavy atom. The van der Waals surface area contributed by atoms with Crippen LogP contribution in [0.25, 0.3) is 0 Å². The van der Waals surface area contributed by atoms with Gasteiger partial charge in [-0.1, -0.05) is 38.5 Å². The van der Waals surface area contributed by atoms with E-state index in [1.54, 1.807) is 0 Å². The minimum absolute atomic E-state index is 0. The molecule has 79 valence electrons. The first-order chi connectivity index (χ1) is 6.45. The summed E-state index contributed by atoms with van der Waals surface area (Å²) in [5.74, 6) is 0. The van der Waals surface area contributed by atoms with E-state index in [-0.39, 0.29) is 8.41 Å². The molecule has 0 heterocycles. The van der Waals surface area contributed by atoms with Gasteiger partial charge in [-0.25, -0.2) is 0 Å². The van der Waals surface area contributed by atoms with Gasteiger partial charge in [-0.15, -0.1) is 0 Å². The molecule has 2 fully saturated rings. The molecule has 0 amide bonds. The number of hydrogen-bond donors (Lipinski definition) is 1. The van der Waals surface area contributed by atoms with Gasteiger partial charge < -0.3 is 5.32 Å². The zero-order valence-corrected chi connectivity index (χ0v) is 9.30. The van der Waals surface area contributed by atoms with E-state index in [2.05, 4.69) is 5.32 Å². The standard InChI is InChI=1S/C12H23N.B/c1-3-7-11(8-4-1)13-12-9-5-2-6-10-12;/h11-13H,1-10H2;. The van der Waals surface area contributed by atoms with Gasteiger partial charge in [0.05, 0.1) is 0 Å². The largest absolute Gasteiger partial charge is 0.311 e. The SMILES string of the molecule is C1CCC(NC2CCCCC2)CC1.[B]. The average molecular weight is 192 g/mol. The topological polar surface area (TPSA) is 12.0 Å². The highest BCUT2D eigenvalue weighted by molar-refractivity contribution is 5.75. The van der Waals surface area contributed by atoms with Gasteiger partial charge in [0.2, 0.25) is 0 Å². The van der Waals surface area contributed by atoms with Crippen molar-refractivity contribution in [3.8, 4) is 0 Å². The van der Waals surface area contributed by atoms with E-state index in [9.17, 15) is 0 Å². The van der Waals surface area contributed by atoms with E-state index < -0.39 is 0 Å². The zero-order valence-electron chi connectivity index (χ0n) is 9.30. The Hall–Kier alpha value is 0.0249. The Morgan fingerprint density at radius 2 is 0.929 bits per heavy atom. The summed E-state index contributed by atoms with van der Waals surface area (Å²) in [5, 5.41) is 3.86. The molecule has 2 rings (SSSR count). The van der Waals surface area contributed by atoms with Crippen molar-refractivity contribution in [1.82, 2.24) is 5.32 Å². The fraction of sp³-hybridized carbons (Fsp3) is 1.00. The third-order valence-electron chi connectivity index (χ3n) is 3.68. The van der Waals surface area contributed by atoms with Crippen molar-refractivity contribution in [2.45, 2.75) is 76.3 Å². The molecule has 0 aromatic heterocycles. The molecule has 0 aliphatic heterocycles.